The quantitative estimate of drug-likeness (QED) is 0.353. The molecule has 0 N–H and O–H groups in total. The molecule has 1 aliphatic heterocycles. The van der Waals surface area contributed by atoms with Crippen LogP contribution in [0.2, 0.25) is 0 Å². The summed E-state index contributed by atoms with van der Waals surface area (Å²) in [5.41, 5.74) is 5.59. The van der Waals surface area contributed by atoms with Crippen molar-refractivity contribution in [2.24, 2.45) is 7.05 Å². The summed E-state index contributed by atoms with van der Waals surface area (Å²) in [6.07, 6.45) is 4.67. The van der Waals surface area contributed by atoms with Crippen molar-refractivity contribution >= 4 is 35.0 Å². The Hall–Kier alpha value is -2.13. The summed E-state index contributed by atoms with van der Waals surface area (Å²) < 4.78 is 7.47. The number of hydrogen-bond acceptors (Lipinski definition) is 3. The summed E-state index contributed by atoms with van der Waals surface area (Å²) in [7, 11) is 2.05. The van der Waals surface area contributed by atoms with E-state index >= 15 is 0 Å². The van der Waals surface area contributed by atoms with Crippen LogP contribution in [0.1, 0.15) is 22.9 Å². The second kappa shape index (κ2) is 6.79. The molecule has 0 atom stereocenters. The maximum atomic E-state index is 4.90. The van der Waals surface area contributed by atoms with Gasteiger partial charge in [-0.1, -0.05) is 0 Å². The smallest absolute Gasteiger partial charge is 0.160 e. The largest absolute Gasteiger partial charge is 0.354 e. The number of nitrogens with zero attached hydrogens (tertiary/aromatic N) is 6. The van der Waals surface area contributed by atoms with E-state index in [1.807, 2.05) is 17.9 Å². The molecule has 138 valence electrons. The molecule has 1 aromatic carbocycles. The Morgan fingerprint density at radius 1 is 1.22 bits per heavy atom. The predicted octanol–water partition coefficient (Wildman–Crippen LogP) is 3.76. The van der Waals surface area contributed by atoms with Crippen molar-refractivity contribution in [2.75, 3.05) is 0 Å². The van der Waals surface area contributed by atoms with E-state index in [0.29, 0.717) is 6.54 Å². The Balaban J connectivity index is 0.00000180. The molecule has 5 rings (SSSR count). The highest BCUT2D eigenvalue weighted by atomic mass is 127. The van der Waals surface area contributed by atoms with E-state index in [-0.39, 0.29) is 12.4 Å². The lowest BCUT2D eigenvalue weighted by Gasteiger charge is -2.08. The molecule has 0 unspecified atom stereocenters. The van der Waals surface area contributed by atoms with Crippen LogP contribution in [-0.2, 0) is 20.0 Å². The van der Waals surface area contributed by atoms with Crippen molar-refractivity contribution in [1.82, 2.24) is 28.9 Å². The third kappa shape index (κ3) is 2.98. The van der Waals surface area contributed by atoms with Gasteiger partial charge in [-0.05, 0) is 59.8 Å². The zero-order valence-corrected chi connectivity index (χ0v) is 17.9. The van der Waals surface area contributed by atoms with Crippen LogP contribution in [0.15, 0.2) is 42.9 Å². The second-order valence-electron chi connectivity index (χ2n) is 6.60. The van der Waals surface area contributed by atoms with Crippen LogP contribution in [-0.4, -0.2) is 28.9 Å². The van der Waals surface area contributed by atoms with Crippen molar-refractivity contribution < 1.29 is 0 Å². The number of aromatic nitrogens is 6. The summed E-state index contributed by atoms with van der Waals surface area (Å²) in [6.45, 7) is 2.72. The Morgan fingerprint density at radius 2 is 2.07 bits per heavy atom. The fraction of sp³-hybridized carbons (Fsp3) is 0.211. The molecule has 4 heterocycles. The minimum absolute atomic E-state index is 0. The summed E-state index contributed by atoms with van der Waals surface area (Å²) in [6, 6.07) is 10.6. The van der Waals surface area contributed by atoms with Gasteiger partial charge in [0.15, 0.2) is 11.6 Å². The number of fused-ring (bicyclic) bond motifs is 5. The monoisotopic (exact) mass is 492 g/mol. The van der Waals surface area contributed by atoms with Gasteiger partial charge in [0, 0.05) is 34.5 Å². The first-order chi connectivity index (χ1) is 12.6. The molecule has 6 nitrogen and oxygen atoms in total. The summed E-state index contributed by atoms with van der Waals surface area (Å²) in [4.78, 5) is 9.41. The van der Waals surface area contributed by atoms with Crippen LogP contribution in [0.3, 0.4) is 0 Å². The zero-order valence-electron chi connectivity index (χ0n) is 14.9. The van der Waals surface area contributed by atoms with Crippen LogP contribution in [0, 0.1) is 10.5 Å². The molecule has 3 aromatic heterocycles. The average molecular weight is 493 g/mol. The normalized spacial score (nSPS) is 12.0. The number of imidazole rings is 1. The Bertz CT molecular complexity index is 1140. The molecule has 0 radical (unpaired) electrons. The Kier molecular flexibility index (Phi) is 4.59. The van der Waals surface area contributed by atoms with Crippen LogP contribution >= 0.6 is 35.0 Å². The highest BCUT2D eigenvalue weighted by Crippen LogP contribution is 2.32. The van der Waals surface area contributed by atoms with Gasteiger partial charge in [0.25, 0.3) is 0 Å². The number of hydrogen-bond donors (Lipinski definition) is 0. The van der Waals surface area contributed by atoms with E-state index in [1.54, 1.807) is 0 Å². The summed E-state index contributed by atoms with van der Waals surface area (Å²) >= 11 is 2.35. The number of halogens is 2. The minimum atomic E-state index is 0. The van der Waals surface area contributed by atoms with Crippen molar-refractivity contribution in [2.45, 2.75) is 19.9 Å². The molecule has 27 heavy (non-hydrogen) atoms. The van der Waals surface area contributed by atoms with E-state index in [0.717, 1.165) is 40.7 Å². The fourth-order valence-corrected chi connectivity index (χ4v) is 4.01. The minimum Gasteiger partial charge on any atom is -0.354 e. The standard InChI is InChI=1S/C19H17IN6.ClH/c1-12-17-10-26-19(22-18(23-26)9-14-4-3-7-24(14)2)15-8-13(20)5-6-16(15)25(17)11-21-12;/h3-8,11H,9-10H2,1-2H3;1H. The molecule has 0 saturated carbocycles. The third-order valence-corrected chi connectivity index (χ3v) is 5.61. The maximum absolute atomic E-state index is 4.90. The molecule has 0 aliphatic carbocycles. The van der Waals surface area contributed by atoms with E-state index in [1.165, 1.54) is 9.26 Å². The van der Waals surface area contributed by atoms with Crippen molar-refractivity contribution in [1.29, 1.82) is 0 Å². The molecule has 4 aromatic rings. The van der Waals surface area contributed by atoms with Gasteiger partial charge in [-0.2, -0.15) is 5.10 Å². The SMILES string of the molecule is Cc1ncn2c1Cn1nc(Cc3cccn3C)nc1-c1cc(I)ccc1-2.Cl. The second-order valence-corrected chi connectivity index (χ2v) is 7.85. The van der Waals surface area contributed by atoms with Crippen LogP contribution < -0.4 is 0 Å². The summed E-state index contributed by atoms with van der Waals surface area (Å²) in [5, 5.41) is 4.82. The number of benzene rings is 1. The highest BCUT2D eigenvalue weighted by molar-refractivity contribution is 14.1. The van der Waals surface area contributed by atoms with Gasteiger partial charge < -0.3 is 9.13 Å². The molecule has 0 spiro atoms. The zero-order chi connectivity index (χ0) is 17.8. The average Bonchev–Trinajstić information content (AvgIpc) is 3.28. The topological polar surface area (TPSA) is 53.5 Å². The van der Waals surface area contributed by atoms with Crippen LogP contribution in [0.5, 0.6) is 0 Å². The molecule has 1 aliphatic rings. The molecule has 0 bridgehead atoms. The van der Waals surface area contributed by atoms with Gasteiger partial charge in [0.1, 0.15) is 0 Å². The van der Waals surface area contributed by atoms with Crippen molar-refractivity contribution in [3.63, 3.8) is 0 Å². The van der Waals surface area contributed by atoms with E-state index in [4.69, 9.17) is 10.1 Å². The van der Waals surface area contributed by atoms with Gasteiger partial charge in [-0.25, -0.2) is 14.6 Å². The van der Waals surface area contributed by atoms with Gasteiger partial charge in [-0.15, -0.1) is 12.4 Å². The van der Waals surface area contributed by atoms with Gasteiger partial charge in [0.2, 0.25) is 0 Å². The van der Waals surface area contributed by atoms with E-state index in [2.05, 4.69) is 80.3 Å². The lowest BCUT2D eigenvalue weighted by Crippen LogP contribution is -2.06. The first kappa shape index (κ1) is 18.2. The predicted molar refractivity (Wildman–Crippen MR) is 115 cm³/mol. The summed E-state index contributed by atoms with van der Waals surface area (Å²) in [5.74, 6) is 1.77. The first-order valence-electron chi connectivity index (χ1n) is 8.47. The molecular weight excluding hydrogens is 475 g/mol. The Labute approximate surface area is 176 Å². The first-order valence-corrected chi connectivity index (χ1v) is 9.55. The van der Waals surface area contributed by atoms with Crippen molar-refractivity contribution in [3.8, 4) is 17.1 Å². The Morgan fingerprint density at radius 3 is 2.85 bits per heavy atom. The van der Waals surface area contributed by atoms with Crippen LogP contribution in [0.25, 0.3) is 17.1 Å². The molecule has 0 amide bonds. The molecule has 0 saturated heterocycles. The van der Waals surface area contributed by atoms with Crippen LogP contribution in [0.4, 0.5) is 0 Å². The number of aryl methyl sites for hydroxylation is 2. The van der Waals surface area contributed by atoms with E-state index in [9.17, 15) is 0 Å². The van der Waals surface area contributed by atoms with Gasteiger partial charge in [-0.3, -0.25) is 0 Å². The molecule has 8 heteroatoms. The molecular formula is C19H18ClIN6. The maximum Gasteiger partial charge on any atom is 0.160 e. The van der Waals surface area contributed by atoms with Gasteiger partial charge >= 0.3 is 0 Å². The van der Waals surface area contributed by atoms with Crippen molar-refractivity contribution in [3.05, 3.63) is 69.3 Å². The fourth-order valence-electron chi connectivity index (χ4n) is 3.52. The lowest BCUT2D eigenvalue weighted by molar-refractivity contribution is 0.662. The lowest BCUT2D eigenvalue weighted by atomic mass is 10.1. The highest BCUT2D eigenvalue weighted by Gasteiger charge is 2.24. The third-order valence-electron chi connectivity index (χ3n) is 4.94. The molecule has 0 fully saturated rings. The number of rotatable bonds is 2. The van der Waals surface area contributed by atoms with Gasteiger partial charge in [0.05, 0.1) is 29.9 Å². The van der Waals surface area contributed by atoms with E-state index < -0.39 is 0 Å².